The smallest absolute Gasteiger partial charge is 0.350 e. The van der Waals surface area contributed by atoms with Crippen molar-refractivity contribution in [2.24, 2.45) is 0 Å². The van der Waals surface area contributed by atoms with E-state index in [0.717, 1.165) is 18.8 Å². The Bertz CT molecular complexity index is 687. The standard InChI is InChI=1S/C17H19ClN2O4/c1-17(2)23-15(21)12(16(22)24-17)10-19-11-5-6-14(13(18)9-11)20-7-3-4-8-20/h5-6,9-10,19H,3-4,7-8H2,1-2H3. The van der Waals surface area contributed by atoms with Gasteiger partial charge in [0.1, 0.15) is 0 Å². The van der Waals surface area contributed by atoms with Crippen molar-refractivity contribution in [2.75, 3.05) is 23.3 Å². The molecule has 2 aliphatic rings. The molecule has 128 valence electrons. The summed E-state index contributed by atoms with van der Waals surface area (Å²) in [6.07, 6.45) is 3.62. The van der Waals surface area contributed by atoms with Crippen LogP contribution in [-0.4, -0.2) is 30.8 Å². The highest BCUT2D eigenvalue weighted by molar-refractivity contribution is 6.33. The van der Waals surface area contributed by atoms with Crippen LogP contribution in [0.2, 0.25) is 5.02 Å². The number of anilines is 2. The van der Waals surface area contributed by atoms with Crippen LogP contribution in [-0.2, 0) is 19.1 Å². The highest BCUT2D eigenvalue weighted by Gasteiger charge is 2.38. The number of hydrogen-bond donors (Lipinski definition) is 1. The molecule has 2 fully saturated rings. The summed E-state index contributed by atoms with van der Waals surface area (Å²) >= 11 is 6.34. The lowest BCUT2D eigenvalue weighted by molar-refractivity contribution is -0.222. The highest BCUT2D eigenvalue weighted by atomic mass is 35.5. The van der Waals surface area contributed by atoms with Crippen LogP contribution in [0.15, 0.2) is 30.0 Å². The zero-order chi connectivity index (χ0) is 17.3. The van der Waals surface area contributed by atoms with Gasteiger partial charge in [0.2, 0.25) is 0 Å². The minimum absolute atomic E-state index is 0.186. The number of carbonyl (C=O) groups is 2. The van der Waals surface area contributed by atoms with Gasteiger partial charge in [-0.1, -0.05) is 11.6 Å². The third kappa shape index (κ3) is 3.48. The van der Waals surface area contributed by atoms with Gasteiger partial charge in [-0.05, 0) is 31.0 Å². The van der Waals surface area contributed by atoms with Crippen molar-refractivity contribution in [1.82, 2.24) is 0 Å². The molecule has 0 spiro atoms. The molecule has 24 heavy (non-hydrogen) atoms. The number of ether oxygens (including phenoxy) is 2. The maximum Gasteiger partial charge on any atom is 0.350 e. The Kier molecular flexibility index (Phi) is 4.41. The fourth-order valence-corrected chi connectivity index (χ4v) is 3.05. The summed E-state index contributed by atoms with van der Waals surface area (Å²) < 4.78 is 10.1. The molecule has 2 aliphatic heterocycles. The van der Waals surface area contributed by atoms with E-state index < -0.39 is 17.7 Å². The van der Waals surface area contributed by atoms with E-state index in [-0.39, 0.29) is 5.57 Å². The first kappa shape index (κ1) is 16.6. The zero-order valence-corrected chi connectivity index (χ0v) is 14.4. The van der Waals surface area contributed by atoms with Gasteiger partial charge in [-0.2, -0.15) is 0 Å². The van der Waals surface area contributed by atoms with Crippen molar-refractivity contribution in [3.63, 3.8) is 0 Å². The lowest BCUT2D eigenvalue weighted by Gasteiger charge is -2.29. The third-order valence-corrected chi connectivity index (χ3v) is 4.20. The fourth-order valence-electron chi connectivity index (χ4n) is 2.75. The predicted molar refractivity (Wildman–Crippen MR) is 90.9 cm³/mol. The van der Waals surface area contributed by atoms with Gasteiger partial charge < -0.3 is 19.7 Å². The number of nitrogens with one attached hydrogen (secondary N) is 1. The second kappa shape index (κ2) is 6.36. The van der Waals surface area contributed by atoms with Crippen molar-refractivity contribution in [3.05, 3.63) is 35.0 Å². The molecule has 0 bridgehead atoms. The first-order valence-corrected chi connectivity index (χ1v) is 8.21. The number of esters is 2. The summed E-state index contributed by atoms with van der Waals surface area (Å²) in [5, 5.41) is 3.52. The first-order valence-electron chi connectivity index (χ1n) is 7.84. The number of carbonyl (C=O) groups excluding carboxylic acids is 2. The van der Waals surface area contributed by atoms with Crippen molar-refractivity contribution < 1.29 is 19.1 Å². The number of halogens is 1. The van der Waals surface area contributed by atoms with Gasteiger partial charge in [-0.3, -0.25) is 0 Å². The Morgan fingerprint density at radius 2 is 1.79 bits per heavy atom. The molecule has 0 radical (unpaired) electrons. The molecule has 3 rings (SSSR count). The van der Waals surface area contributed by atoms with E-state index in [4.69, 9.17) is 21.1 Å². The van der Waals surface area contributed by atoms with Crippen molar-refractivity contribution in [2.45, 2.75) is 32.5 Å². The maximum absolute atomic E-state index is 11.9. The van der Waals surface area contributed by atoms with E-state index in [2.05, 4.69) is 10.2 Å². The maximum atomic E-state index is 11.9. The van der Waals surface area contributed by atoms with Gasteiger partial charge in [0.05, 0.1) is 10.7 Å². The van der Waals surface area contributed by atoms with E-state index in [0.29, 0.717) is 10.7 Å². The average Bonchev–Trinajstić information content (AvgIpc) is 2.99. The van der Waals surface area contributed by atoms with Gasteiger partial charge in [0.15, 0.2) is 5.57 Å². The lowest BCUT2D eigenvalue weighted by Crippen LogP contribution is -2.42. The van der Waals surface area contributed by atoms with E-state index in [1.807, 2.05) is 12.1 Å². The molecule has 0 amide bonds. The normalized spacial score (nSPS) is 19.8. The second-order valence-electron chi connectivity index (χ2n) is 6.24. The summed E-state index contributed by atoms with van der Waals surface area (Å²) in [6, 6.07) is 5.53. The summed E-state index contributed by atoms with van der Waals surface area (Å²) in [5.74, 6) is -2.68. The van der Waals surface area contributed by atoms with E-state index in [1.54, 1.807) is 6.07 Å². The third-order valence-electron chi connectivity index (χ3n) is 3.89. The van der Waals surface area contributed by atoms with E-state index in [1.165, 1.54) is 32.9 Å². The van der Waals surface area contributed by atoms with Gasteiger partial charge in [0.25, 0.3) is 5.79 Å². The number of benzene rings is 1. The predicted octanol–water partition coefficient (Wildman–Crippen LogP) is 3.07. The quantitative estimate of drug-likeness (QED) is 0.513. The Morgan fingerprint density at radius 3 is 2.38 bits per heavy atom. The second-order valence-corrected chi connectivity index (χ2v) is 6.65. The molecule has 7 heteroatoms. The van der Waals surface area contributed by atoms with E-state index >= 15 is 0 Å². The monoisotopic (exact) mass is 350 g/mol. The van der Waals surface area contributed by atoms with Crippen molar-refractivity contribution >= 4 is 34.9 Å². The molecule has 1 aromatic rings. The molecule has 0 unspecified atom stereocenters. The number of hydrogen-bond acceptors (Lipinski definition) is 6. The molecule has 1 N–H and O–H groups in total. The molecule has 1 aromatic carbocycles. The molecule has 2 heterocycles. The van der Waals surface area contributed by atoms with Crippen LogP contribution in [0.4, 0.5) is 11.4 Å². The van der Waals surface area contributed by atoms with Crippen LogP contribution in [0.5, 0.6) is 0 Å². The van der Waals surface area contributed by atoms with Crippen molar-refractivity contribution in [3.8, 4) is 0 Å². The van der Waals surface area contributed by atoms with Crippen LogP contribution >= 0.6 is 11.6 Å². The minimum Gasteiger partial charge on any atom is -0.419 e. The van der Waals surface area contributed by atoms with Gasteiger partial charge >= 0.3 is 11.9 Å². The fraction of sp³-hybridized carbons (Fsp3) is 0.412. The lowest BCUT2D eigenvalue weighted by atomic mass is 10.2. The van der Waals surface area contributed by atoms with Gasteiger partial charge in [-0.15, -0.1) is 0 Å². The Morgan fingerprint density at radius 1 is 1.17 bits per heavy atom. The number of nitrogens with zero attached hydrogens (tertiary/aromatic N) is 1. The number of cyclic esters (lactones) is 2. The van der Waals surface area contributed by atoms with Crippen molar-refractivity contribution in [1.29, 1.82) is 0 Å². The first-order chi connectivity index (χ1) is 11.4. The summed E-state index contributed by atoms with van der Waals surface area (Å²) in [4.78, 5) is 26.0. The van der Waals surface area contributed by atoms with Gasteiger partial charge in [-0.25, -0.2) is 9.59 Å². The molecule has 0 atom stereocenters. The van der Waals surface area contributed by atoms with Gasteiger partial charge in [0, 0.05) is 38.8 Å². The highest BCUT2D eigenvalue weighted by Crippen LogP contribution is 2.31. The molecule has 6 nitrogen and oxygen atoms in total. The molecular formula is C17H19ClN2O4. The largest absolute Gasteiger partial charge is 0.419 e. The molecule has 0 saturated carbocycles. The van der Waals surface area contributed by atoms with Crippen LogP contribution in [0.1, 0.15) is 26.7 Å². The number of rotatable bonds is 3. The summed E-state index contributed by atoms with van der Waals surface area (Å²) in [7, 11) is 0. The van der Waals surface area contributed by atoms with Crippen LogP contribution < -0.4 is 10.2 Å². The summed E-state index contributed by atoms with van der Waals surface area (Å²) in [5.41, 5.74) is 1.47. The Balaban J connectivity index is 1.73. The zero-order valence-electron chi connectivity index (χ0n) is 13.6. The van der Waals surface area contributed by atoms with E-state index in [9.17, 15) is 9.59 Å². The van der Waals surface area contributed by atoms with Crippen LogP contribution in [0, 0.1) is 0 Å². The summed E-state index contributed by atoms with van der Waals surface area (Å²) in [6.45, 7) is 5.02. The average molecular weight is 351 g/mol. The Hall–Kier alpha value is -2.21. The topological polar surface area (TPSA) is 67.9 Å². The molecule has 2 saturated heterocycles. The SMILES string of the molecule is CC1(C)OC(=O)C(=CNc2ccc(N3CCCC3)c(Cl)c2)C(=O)O1. The minimum atomic E-state index is -1.24. The Labute approximate surface area is 145 Å². The molecular weight excluding hydrogens is 332 g/mol. The van der Waals surface area contributed by atoms with Crippen LogP contribution in [0.3, 0.4) is 0 Å². The molecule has 0 aromatic heterocycles. The molecule has 0 aliphatic carbocycles. The van der Waals surface area contributed by atoms with Crippen LogP contribution in [0.25, 0.3) is 0 Å².